The van der Waals surface area contributed by atoms with Crippen LogP contribution in [0.15, 0.2) is 73.4 Å². The smallest absolute Gasteiger partial charge is 0.421 e. The summed E-state index contributed by atoms with van der Waals surface area (Å²) in [7, 11) is 1.37. The van der Waals surface area contributed by atoms with Gasteiger partial charge in [-0.3, -0.25) is 29.4 Å². The summed E-state index contributed by atoms with van der Waals surface area (Å²) in [6, 6.07) is 12.9. The zero-order chi connectivity index (χ0) is 44.8. The Kier molecular flexibility index (Phi) is 13.4. The number of alkyl halides is 3. The Morgan fingerprint density at radius 1 is 0.921 bits per heavy atom. The molecule has 3 aliphatic heterocycles. The van der Waals surface area contributed by atoms with Crippen LogP contribution in [0.5, 0.6) is 5.75 Å². The highest BCUT2D eigenvalue weighted by Crippen LogP contribution is 2.40. The van der Waals surface area contributed by atoms with Crippen LogP contribution in [-0.2, 0) is 25.4 Å². The van der Waals surface area contributed by atoms with Crippen LogP contribution in [0, 0.1) is 11.6 Å². The van der Waals surface area contributed by atoms with Crippen LogP contribution in [0.1, 0.15) is 42.7 Å². The molecule has 1 atom stereocenters. The largest absolute Gasteiger partial charge is 0.494 e. The average Bonchev–Trinajstić information content (AvgIpc) is 3.26. The van der Waals surface area contributed by atoms with Crippen molar-refractivity contribution in [2.75, 3.05) is 79.1 Å². The molecular weight excluding hydrogens is 832 g/mol. The van der Waals surface area contributed by atoms with E-state index in [0.717, 1.165) is 49.8 Å². The van der Waals surface area contributed by atoms with Crippen LogP contribution in [0.25, 0.3) is 0 Å². The second-order valence-electron chi connectivity index (χ2n) is 15.3. The molecule has 0 spiro atoms. The predicted octanol–water partition coefficient (Wildman–Crippen LogP) is 6.14. The molecule has 0 saturated carbocycles. The number of amides is 4. The Morgan fingerprint density at radius 3 is 2.32 bits per heavy atom. The maximum absolute atomic E-state index is 14.4. The molecule has 0 radical (unpaired) electrons. The van der Waals surface area contributed by atoms with E-state index in [1.807, 2.05) is 17.0 Å². The molecular formula is C43H45F5N10O5. The third-order valence-corrected chi connectivity index (χ3v) is 11.2. The summed E-state index contributed by atoms with van der Waals surface area (Å²) in [5.41, 5.74) is 1.07. The Morgan fingerprint density at radius 2 is 1.65 bits per heavy atom. The number of likely N-dealkylation sites (tertiary alicyclic amines) is 1. The van der Waals surface area contributed by atoms with Crippen LogP contribution in [-0.4, -0.2) is 102 Å². The molecule has 332 valence electrons. The summed E-state index contributed by atoms with van der Waals surface area (Å²) >= 11 is 0. The number of carbonyl (C=O) groups excluding carboxylic acids is 4. The maximum atomic E-state index is 14.4. The fraction of sp³-hybridized carbons (Fsp3) is 0.349. The quantitative estimate of drug-likeness (QED) is 0.0592. The number of nitrogens with one attached hydrogen (secondary N) is 5. The highest BCUT2D eigenvalue weighted by Gasteiger charge is 2.36. The number of anilines is 7. The van der Waals surface area contributed by atoms with Gasteiger partial charge in [0, 0.05) is 56.6 Å². The Balaban J connectivity index is 0.971. The molecule has 4 heterocycles. The lowest BCUT2D eigenvalue weighted by Gasteiger charge is -2.38. The van der Waals surface area contributed by atoms with E-state index in [1.165, 1.54) is 18.7 Å². The molecule has 3 aromatic carbocycles. The molecule has 4 amide bonds. The van der Waals surface area contributed by atoms with Crippen LogP contribution >= 0.6 is 0 Å². The SMILES string of the molecule is C=CC(=O)Nc1cc(Nc2ncc(C(F)(F)F)c(Nc3cc(F)ccc3F)n2)c(OC)cc1N1CCN(C(=O)CN2CCC(c3ccc(NC4CCC(=O)NC4=O)cc3)CC2)CC1. The second kappa shape index (κ2) is 19.1. The van der Waals surface area contributed by atoms with Crippen molar-refractivity contribution in [2.24, 2.45) is 0 Å². The summed E-state index contributed by atoms with van der Waals surface area (Å²) in [4.78, 5) is 63.4. The van der Waals surface area contributed by atoms with E-state index in [1.54, 1.807) is 11.0 Å². The van der Waals surface area contributed by atoms with Gasteiger partial charge in [-0.2, -0.15) is 18.2 Å². The van der Waals surface area contributed by atoms with Gasteiger partial charge >= 0.3 is 6.18 Å². The van der Waals surface area contributed by atoms with Crippen molar-refractivity contribution >= 4 is 63.8 Å². The van der Waals surface area contributed by atoms with E-state index >= 15 is 0 Å². The average molecular weight is 877 g/mol. The zero-order valence-electron chi connectivity index (χ0n) is 34.2. The number of ether oxygens (including phenoxy) is 1. The maximum Gasteiger partial charge on any atom is 0.421 e. The Labute approximate surface area is 359 Å². The standard InChI is InChI=1S/C43H45F5N10O5/c1-3-37(59)51-33-21-34(53-42-49-23-29(43(46,47)48)40(55-42)52-32-20-27(44)6-9-30(32)45)36(63-2)22-35(33)57-16-18-58(19-17-57)39(61)24-56-14-12-26(13-15-56)25-4-7-28(8-5-25)50-31-10-11-38(60)54-41(31)62/h3-9,20-23,26,31,50H,1,10-19,24H2,2H3,(H,51,59)(H,54,60,62)(H2,49,52,53,55). The van der Waals surface area contributed by atoms with Gasteiger partial charge in [-0.1, -0.05) is 18.7 Å². The van der Waals surface area contributed by atoms with Gasteiger partial charge in [0.25, 0.3) is 0 Å². The van der Waals surface area contributed by atoms with Gasteiger partial charge in [0.1, 0.15) is 34.8 Å². The molecule has 63 heavy (non-hydrogen) atoms. The van der Waals surface area contributed by atoms with E-state index in [4.69, 9.17) is 4.74 Å². The number of benzene rings is 3. The fourth-order valence-electron chi connectivity index (χ4n) is 7.76. The third kappa shape index (κ3) is 10.8. The molecule has 15 nitrogen and oxygen atoms in total. The van der Waals surface area contributed by atoms with Crippen molar-refractivity contribution in [1.29, 1.82) is 0 Å². The van der Waals surface area contributed by atoms with E-state index in [0.29, 0.717) is 62.9 Å². The van der Waals surface area contributed by atoms with Crippen molar-refractivity contribution in [3.63, 3.8) is 0 Å². The first-order chi connectivity index (χ1) is 30.2. The van der Waals surface area contributed by atoms with E-state index in [2.05, 4.69) is 60.2 Å². The number of piperidine rings is 2. The van der Waals surface area contributed by atoms with Crippen molar-refractivity contribution in [3.05, 3.63) is 96.2 Å². The lowest BCUT2D eigenvalue weighted by molar-refractivity contribution is -0.137. The summed E-state index contributed by atoms with van der Waals surface area (Å²) in [6.45, 7) is 6.90. The molecule has 0 bridgehead atoms. The lowest BCUT2D eigenvalue weighted by Crippen LogP contribution is -2.52. The molecule has 1 unspecified atom stereocenters. The van der Waals surface area contributed by atoms with Gasteiger partial charge in [-0.25, -0.2) is 13.8 Å². The summed E-state index contributed by atoms with van der Waals surface area (Å²) < 4.78 is 75.7. The highest BCUT2D eigenvalue weighted by atomic mass is 19.4. The van der Waals surface area contributed by atoms with Crippen molar-refractivity contribution < 1.29 is 45.9 Å². The molecule has 3 aliphatic rings. The van der Waals surface area contributed by atoms with Crippen molar-refractivity contribution in [3.8, 4) is 5.75 Å². The van der Waals surface area contributed by atoms with Crippen LogP contribution in [0.4, 0.5) is 62.2 Å². The minimum absolute atomic E-state index is 0.000160. The van der Waals surface area contributed by atoms with Gasteiger partial charge in [-0.05, 0) is 80.2 Å². The number of hydrogen-bond donors (Lipinski definition) is 5. The number of carbonyl (C=O) groups is 4. The van der Waals surface area contributed by atoms with Crippen molar-refractivity contribution in [2.45, 2.75) is 43.8 Å². The first-order valence-corrected chi connectivity index (χ1v) is 20.2. The number of aromatic nitrogens is 2. The van der Waals surface area contributed by atoms with E-state index < -0.39 is 46.8 Å². The number of piperazine rings is 1. The molecule has 7 rings (SSSR count). The second-order valence-corrected chi connectivity index (χ2v) is 15.3. The summed E-state index contributed by atoms with van der Waals surface area (Å²) in [5.74, 6) is -3.69. The molecule has 3 saturated heterocycles. The first-order valence-electron chi connectivity index (χ1n) is 20.2. The minimum Gasteiger partial charge on any atom is -0.494 e. The van der Waals surface area contributed by atoms with Crippen LogP contribution < -0.4 is 36.2 Å². The Bertz CT molecular complexity index is 2370. The number of nitrogens with zero attached hydrogens (tertiary/aromatic N) is 5. The van der Waals surface area contributed by atoms with Gasteiger partial charge < -0.3 is 35.8 Å². The number of hydrogen-bond acceptors (Lipinski definition) is 12. The highest BCUT2D eigenvalue weighted by molar-refractivity contribution is 6.02. The van der Waals surface area contributed by atoms with Gasteiger partial charge in [0.05, 0.1) is 36.4 Å². The molecule has 5 N–H and O–H groups in total. The number of methoxy groups -OCH3 is 1. The van der Waals surface area contributed by atoms with Gasteiger partial charge in [0.2, 0.25) is 29.6 Å². The van der Waals surface area contributed by atoms with Gasteiger partial charge in [-0.15, -0.1) is 0 Å². The lowest BCUT2D eigenvalue weighted by atomic mass is 9.89. The number of imide groups is 1. The number of halogens is 5. The summed E-state index contributed by atoms with van der Waals surface area (Å²) in [5, 5.41) is 13.3. The Hall–Kier alpha value is -6.83. The molecule has 0 aliphatic carbocycles. The predicted molar refractivity (Wildman–Crippen MR) is 225 cm³/mol. The van der Waals surface area contributed by atoms with Crippen LogP contribution in [0.2, 0.25) is 0 Å². The summed E-state index contributed by atoms with van der Waals surface area (Å²) in [6.07, 6.45) is -0.878. The van der Waals surface area contributed by atoms with Crippen molar-refractivity contribution in [1.82, 2.24) is 25.1 Å². The minimum atomic E-state index is -4.95. The van der Waals surface area contributed by atoms with Gasteiger partial charge in [0.15, 0.2) is 0 Å². The van der Waals surface area contributed by atoms with E-state index in [-0.39, 0.29) is 47.3 Å². The molecule has 4 aromatic rings. The van der Waals surface area contributed by atoms with Crippen LogP contribution in [0.3, 0.4) is 0 Å². The number of rotatable bonds is 13. The normalized spacial score (nSPS) is 17.5. The zero-order valence-corrected chi connectivity index (χ0v) is 34.2. The molecule has 1 aromatic heterocycles. The fourth-order valence-corrected chi connectivity index (χ4v) is 7.76. The molecule has 20 heteroatoms. The first kappa shape index (κ1) is 44.2. The molecule has 3 fully saturated rings. The third-order valence-electron chi connectivity index (χ3n) is 11.2. The van der Waals surface area contributed by atoms with E-state index in [9.17, 15) is 41.1 Å². The topological polar surface area (TPSA) is 173 Å². The monoisotopic (exact) mass is 876 g/mol.